The summed E-state index contributed by atoms with van der Waals surface area (Å²) in [4.78, 5) is 14.2. The van der Waals surface area contributed by atoms with Crippen LogP contribution in [0.25, 0.3) is 0 Å². The number of amides is 1. The average molecular weight is 401 g/mol. The van der Waals surface area contributed by atoms with Crippen LogP contribution in [0.4, 0.5) is 18.9 Å². The maximum absolute atomic E-state index is 13.2. The van der Waals surface area contributed by atoms with Gasteiger partial charge in [0, 0.05) is 11.6 Å². The number of carbonyl (C=O) groups excluding carboxylic acids is 1. The van der Waals surface area contributed by atoms with E-state index >= 15 is 0 Å². The third kappa shape index (κ3) is 5.61. The van der Waals surface area contributed by atoms with Gasteiger partial charge in [0.2, 0.25) is 5.91 Å². The van der Waals surface area contributed by atoms with Gasteiger partial charge in [-0.3, -0.25) is 9.69 Å². The molecule has 4 nitrogen and oxygen atoms in total. The number of carbonyl (C=O) groups is 1. The second-order valence-electron chi connectivity index (χ2n) is 6.12. The summed E-state index contributed by atoms with van der Waals surface area (Å²) in [6, 6.07) is 9.93. The number of halogens is 4. The highest BCUT2D eigenvalue weighted by Crippen LogP contribution is 2.36. The van der Waals surface area contributed by atoms with Crippen LogP contribution in [0.3, 0.4) is 0 Å². The van der Waals surface area contributed by atoms with Crippen molar-refractivity contribution in [2.75, 3.05) is 19.5 Å². The smallest absolute Gasteiger partial charge is 0.418 e. The lowest BCUT2D eigenvalue weighted by atomic mass is 10.1. The number of ether oxygens (including phenoxy) is 1. The fraction of sp³-hybridized carbons (Fsp3) is 0.316. The molecule has 146 valence electrons. The molecule has 1 amide bonds. The molecule has 1 atom stereocenters. The molecule has 0 heterocycles. The van der Waals surface area contributed by atoms with Crippen molar-refractivity contribution in [3.05, 3.63) is 58.6 Å². The molecule has 1 N–H and O–H groups in total. The van der Waals surface area contributed by atoms with Gasteiger partial charge in [-0.1, -0.05) is 23.7 Å². The maximum atomic E-state index is 13.2. The first-order valence-electron chi connectivity index (χ1n) is 8.12. The van der Waals surface area contributed by atoms with Gasteiger partial charge in [0.15, 0.2) is 0 Å². The van der Waals surface area contributed by atoms with E-state index in [-0.39, 0.29) is 10.7 Å². The SMILES string of the molecule is COc1ccc(CN(C)[C@@H](C)C(=O)Nc2ccc(Cl)cc2C(F)(F)F)cc1. The molecule has 0 unspecified atom stereocenters. The van der Waals surface area contributed by atoms with Crippen LogP contribution < -0.4 is 10.1 Å². The molecule has 0 aliphatic carbocycles. The summed E-state index contributed by atoms with van der Waals surface area (Å²) in [6.45, 7) is 2.08. The summed E-state index contributed by atoms with van der Waals surface area (Å²) in [6.07, 6.45) is -4.62. The minimum absolute atomic E-state index is 0.0509. The zero-order valence-electron chi connectivity index (χ0n) is 15.1. The molecule has 0 saturated carbocycles. The largest absolute Gasteiger partial charge is 0.497 e. The van der Waals surface area contributed by atoms with Crippen molar-refractivity contribution in [2.45, 2.75) is 25.7 Å². The van der Waals surface area contributed by atoms with E-state index < -0.39 is 23.7 Å². The summed E-state index contributed by atoms with van der Waals surface area (Å²) in [5.41, 5.74) is -0.352. The van der Waals surface area contributed by atoms with Crippen LogP contribution in [0.5, 0.6) is 5.75 Å². The van der Waals surface area contributed by atoms with Crippen LogP contribution >= 0.6 is 11.6 Å². The van der Waals surface area contributed by atoms with Crippen molar-refractivity contribution in [2.24, 2.45) is 0 Å². The molecule has 2 aromatic rings. The van der Waals surface area contributed by atoms with Gasteiger partial charge >= 0.3 is 6.18 Å². The van der Waals surface area contributed by atoms with Crippen LogP contribution in [-0.2, 0) is 17.5 Å². The van der Waals surface area contributed by atoms with Crippen molar-refractivity contribution in [3.8, 4) is 5.75 Å². The van der Waals surface area contributed by atoms with Gasteiger partial charge in [-0.15, -0.1) is 0 Å². The quantitative estimate of drug-likeness (QED) is 0.755. The molecule has 0 aliphatic heterocycles. The van der Waals surface area contributed by atoms with E-state index in [4.69, 9.17) is 16.3 Å². The fourth-order valence-corrected chi connectivity index (χ4v) is 2.63. The Bertz CT molecular complexity index is 795. The monoisotopic (exact) mass is 400 g/mol. The molecule has 0 saturated heterocycles. The lowest BCUT2D eigenvalue weighted by molar-refractivity contribution is -0.137. The molecular formula is C19H20ClF3N2O2. The number of methoxy groups -OCH3 is 1. The fourth-order valence-electron chi connectivity index (χ4n) is 2.45. The first-order chi connectivity index (χ1) is 12.6. The zero-order valence-corrected chi connectivity index (χ0v) is 15.9. The number of nitrogens with one attached hydrogen (secondary N) is 1. The number of anilines is 1. The van der Waals surface area contributed by atoms with E-state index in [0.717, 1.165) is 23.4 Å². The Morgan fingerprint density at radius 3 is 2.41 bits per heavy atom. The second kappa shape index (κ2) is 8.63. The zero-order chi connectivity index (χ0) is 20.2. The Hall–Kier alpha value is -2.25. The van der Waals surface area contributed by atoms with Crippen LogP contribution in [0, 0.1) is 0 Å². The van der Waals surface area contributed by atoms with Gasteiger partial charge in [-0.05, 0) is 49.9 Å². The van der Waals surface area contributed by atoms with E-state index in [1.165, 1.54) is 6.07 Å². The van der Waals surface area contributed by atoms with Crippen molar-refractivity contribution in [3.63, 3.8) is 0 Å². The topological polar surface area (TPSA) is 41.6 Å². The first-order valence-corrected chi connectivity index (χ1v) is 8.50. The highest BCUT2D eigenvalue weighted by molar-refractivity contribution is 6.30. The summed E-state index contributed by atoms with van der Waals surface area (Å²) in [5, 5.41) is 2.30. The number of likely N-dealkylation sites (N-methyl/N-ethyl adjacent to an activating group) is 1. The summed E-state index contributed by atoms with van der Waals surface area (Å²) >= 11 is 5.65. The van der Waals surface area contributed by atoms with Gasteiger partial charge < -0.3 is 10.1 Å². The van der Waals surface area contributed by atoms with Crippen molar-refractivity contribution >= 4 is 23.2 Å². The lowest BCUT2D eigenvalue weighted by Crippen LogP contribution is -2.39. The van der Waals surface area contributed by atoms with E-state index in [1.54, 1.807) is 38.1 Å². The third-order valence-corrected chi connectivity index (χ3v) is 4.41. The molecule has 0 aliphatic rings. The van der Waals surface area contributed by atoms with Gasteiger partial charge in [0.05, 0.1) is 24.4 Å². The highest BCUT2D eigenvalue weighted by Gasteiger charge is 2.34. The minimum atomic E-state index is -4.62. The van der Waals surface area contributed by atoms with Crippen molar-refractivity contribution < 1.29 is 22.7 Å². The number of hydrogen-bond acceptors (Lipinski definition) is 3. The molecule has 0 bridgehead atoms. The Kier molecular flexibility index (Phi) is 6.73. The Balaban J connectivity index is 2.08. The molecule has 2 rings (SSSR count). The number of hydrogen-bond donors (Lipinski definition) is 1. The average Bonchev–Trinajstić information content (AvgIpc) is 2.62. The summed E-state index contributed by atoms with van der Waals surface area (Å²) < 4.78 is 44.6. The molecule has 0 aromatic heterocycles. The molecule has 0 fully saturated rings. The Morgan fingerprint density at radius 1 is 1.22 bits per heavy atom. The number of nitrogens with zero attached hydrogens (tertiary/aromatic N) is 1. The van der Waals surface area contributed by atoms with Crippen LogP contribution in [0.1, 0.15) is 18.1 Å². The van der Waals surface area contributed by atoms with Crippen molar-refractivity contribution in [1.29, 1.82) is 0 Å². The van der Waals surface area contributed by atoms with Crippen molar-refractivity contribution in [1.82, 2.24) is 4.90 Å². The van der Waals surface area contributed by atoms with Gasteiger partial charge in [0.25, 0.3) is 0 Å². The first kappa shape index (κ1) is 21.1. The van der Waals surface area contributed by atoms with Gasteiger partial charge in [-0.25, -0.2) is 0 Å². The lowest BCUT2D eigenvalue weighted by Gasteiger charge is -2.24. The van der Waals surface area contributed by atoms with Gasteiger partial charge in [-0.2, -0.15) is 13.2 Å². The molecule has 2 aromatic carbocycles. The van der Waals surface area contributed by atoms with E-state index in [9.17, 15) is 18.0 Å². The molecule has 0 spiro atoms. The minimum Gasteiger partial charge on any atom is -0.497 e. The van der Waals surface area contributed by atoms with Crippen LogP contribution in [0.2, 0.25) is 5.02 Å². The molecule has 8 heteroatoms. The third-order valence-electron chi connectivity index (χ3n) is 4.18. The summed E-state index contributed by atoms with van der Waals surface area (Å²) in [7, 11) is 3.29. The highest BCUT2D eigenvalue weighted by atomic mass is 35.5. The van der Waals surface area contributed by atoms with Crippen LogP contribution in [0.15, 0.2) is 42.5 Å². The number of alkyl halides is 3. The normalized spacial score (nSPS) is 12.7. The van der Waals surface area contributed by atoms with E-state index in [0.29, 0.717) is 6.54 Å². The standard InChI is InChI=1S/C19H20ClF3N2O2/c1-12(25(2)11-13-4-7-15(27-3)8-5-13)18(26)24-17-9-6-14(20)10-16(17)19(21,22)23/h4-10,12H,11H2,1-3H3,(H,24,26)/t12-/m0/s1. The number of benzene rings is 2. The van der Waals surface area contributed by atoms with Gasteiger partial charge in [0.1, 0.15) is 5.75 Å². The summed E-state index contributed by atoms with van der Waals surface area (Å²) in [5.74, 6) is 0.174. The predicted octanol–water partition coefficient (Wildman–Crippen LogP) is 4.83. The van der Waals surface area contributed by atoms with E-state index in [1.807, 2.05) is 12.1 Å². The van der Waals surface area contributed by atoms with E-state index in [2.05, 4.69) is 5.32 Å². The predicted molar refractivity (Wildman–Crippen MR) is 99.0 cm³/mol. The number of rotatable bonds is 6. The molecule has 0 radical (unpaired) electrons. The Labute approximate surface area is 160 Å². The second-order valence-corrected chi connectivity index (χ2v) is 6.55. The van der Waals surface area contributed by atoms with Crippen LogP contribution in [-0.4, -0.2) is 31.0 Å². The molecular weight excluding hydrogens is 381 g/mol. The maximum Gasteiger partial charge on any atom is 0.418 e. The Morgan fingerprint density at radius 2 is 1.85 bits per heavy atom. The molecule has 27 heavy (non-hydrogen) atoms.